The van der Waals surface area contributed by atoms with E-state index in [-0.39, 0.29) is 17.8 Å². The van der Waals surface area contributed by atoms with Crippen LogP contribution in [0.5, 0.6) is 0 Å². The van der Waals surface area contributed by atoms with E-state index in [9.17, 15) is 9.18 Å². The predicted octanol–water partition coefficient (Wildman–Crippen LogP) is 2.49. The Bertz CT molecular complexity index is 490. The van der Waals surface area contributed by atoms with Crippen molar-refractivity contribution in [1.82, 2.24) is 9.80 Å². The molecule has 23 heavy (non-hydrogen) atoms. The second kappa shape index (κ2) is 9.25. The van der Waals surface area contributed by atoms with E-state index >= 15 is 0 Å². The topological polar surface area (TPSA) is 32.8 Å². The van der Waals surface area contributed by atoms with Gasteiger partial charge in [-0.1, -0.05) is 0 Å². The number of rotatable bonds is 7. The molecule has 0 radical (unpaired) electrons. The number of carbonyl (C=O) groups is 1. The highest BCUT2D eigenvalue weighted by molar-refractivity contribution is 8.00. The first-order valence-corrected chi connectivity index (χ1v) is 8.95. The monoisotopic (exact) mass is 340 g/mol. The van der Waals surface area contributed by atoms with E-state index < -0.39 is 0 Å². The molecule has 0 aliphatic carbocycles. The summed E-state index contributed by atoms with van der Waals surface area (Å²) in [6.07, 6.45) is 1.81. The lowest BCUT2D eigenvalue weighted by Gasteiger charge is -2.35. The normalized spacial score (nSPS) is 15.8. The summed E-state index contributed by atoms with van der Waals surface area (Å²) in [5, 5.41) is 0. The number of likely N-dealkylation sites (N-methyl/N-ethyl adjacent to an activating group) is 1. The van der Waals surface area contributed by atoms with Crippen LogP contribution in [0.3, 0.4) is 0 Å². The Hall–Kier alpha value is -1.11. The summed E-state index contributed by atoms with van der Waals surface area (Å²) in [6.45, 7) is 3.04. The number of amides is 1. The van der Waals surface area contributed by atoms with Gasteiger partial charge in [-0.05, 0) is 51.2 Å². The van der Waals surface area contributed by atoms with Gasteiger partial charge in [0.1, 0.15) is 5.82 Å². The fourth-order valence-corrected chi connectivity index (χ4v) is 3.36. The largest absolute Gasteiger partial charge is 0.381 e. The Morgan fingerprint density at radius 2 is 1.87 bits per heavy atom. The van der Waals surface area contributed by atoms with Crippen molar-refractivity contribution >= 4 is 17.7 Å². The maximum Gasteiger partial charge on any atom is 0.233 e. The molecule has 0 unspecified atom stereocenters. The second-order valence-electron chi connectivity index (χ2n) is 5.98. The van der Waals surface area contributed by atoms with Crippen molar-refractivity contribution in [1.29, 1.82) is 0 Å². The summed E-state index contributed by atoms with van der Waals surface area (Å²) in [6, 6.07) is 6.55. The molecule has 1 aromatic rings. The average molecular weight is 340 g/mol. The molecule has 0 aromatic heterocycles. The zero-order valence-electron chi connectivity index (χ0n) is 13.8. The molecule has 1 aliphatic rings. The molecule has 0 bridgehead atoms. The summed E-state index contributed by atoms with van der Waals surface area (Å²) < 4.78 is 18.3. The Morgan fingerprint density at radius 3 is 2.48 bits per heavy atom. The summed E-state index contributed by atoms with van der Waals surface area (Å²) in [7, 11) is 4.03. The summed E-state index contributed by atoms with van der Waals surface area (Å²) in [5.74, 6) is 0.278. The number of nitrogens with zero attached hydrogens (tertiary/aromatic N) is 2. The smallest absolute Gasteiger partial charge is 0.233 e. The van der Waals surface area contributed by atoms with Crippen molar-refractivity contribution in [3.8, 4) is 0 Å². The van der Waals surface area contributed by atoms with Crippen molar-refractivity contribution < 1.29 is 13.9 Å². The summed E-state index contributed by atoms with van der Waals surface area (Å²) in [4.78, 5) is 17.7. The molecule has 1 aromatic carbocycles. The lowest BCUT2D eigenvalue weighted by atomic mass is 10.1. The van der Waals surface area contributed by atoms with Gasteiger partial charge in [0.05, 0.1) is 5.75 Å². The molecule has 1 amide bonds. The standard InChI is InChI=1S/C17H25FN2O2S/c1-19(2)9-10-20(15-7-11-22-12-8-15)17(21)13-23-16-5-3-14(18)4-6-16/h3-6,15H,7-13H2,1-2H3. The van der Waals surface area contributed by atoms with Crippen LogP contribution in [-0.4, -0.2) is 67.9 Å². The van der Waals surface area contributed by atoms with E-state index in [1.807, 2.05) is 19.0 Å². The third-order valence-corrected chi connectivity index (χ3v) is 4.91. The molecule has 1 heterocycles. The Kier molecular flexibility index (Phi) is 7.33. The van der Waals surface area contributed by atoms with Crippen LogP contribution in [0.1, 0.15) is 12.8 Å². The van der Waals surface area contributed by atoms with Crippen molar-refractivity contribution in [2.24, 2.45) is 0 Å². The zero-order chi connectivity index (χ0) is 16.7. The molecule has 128 valence electrons. The number of hydrogen-bond donors (Lipinski definition) is 0. The van der Waals surface area contributed by atoms with Crippen molar-refractivity contribution in [2.75, 3.05) is 46.2 Å². The maximum absolute atomic E-state index is 12.9. The van der Waals surface area contributed by atoms with Gasteiger partial charge >= 0.3 is 0 Å². The van der Waals surface area contributed by atoms with Gasteiger partial charge in [0.25, 0.3) is 0 Å². The molecule has 0 N–H and O–H groups in total. The fraction of sp³-hybridized carbons (Fsp3) is 0.588. The number of halogens is 1. The quantitative estimate of drug-likeness (QED) is 0.714. The molecule has 0 spiro atoms. The minimum atomic E-state index is -0.254. The lowest BCUT2D eigenvalue weighted by molar-refractivity contribution is -0.132. The fourth-order valence-electron chi connectivity index (χ4n) is 2.57. The Balaban J connectivity index is 1.92. The lowest BCUT2D eigenvalue weighted by Crippen LogP contribution is -2.47. The molecule has 4 nitrogen and oxygen atoms in total. The van der Waals surface area contributed by atoms with E-state index in [0.29, 0.717) is 5.75 Å². The number of benzene rings is 1. The van der Waals surface area contributed by atoms with Crippen LogP contribution in [-0.2, 0) is 9.53 Å². The first-order valence-electron chi connectivity index (χ1n) is 7.96. The van der Waals surface area contributed by atoms with Gasteiger partial charge in [0, 0.05) is 37.2 Å². The van der Waals surface area contributed by atoms with Crippen LogP contribution >= 0.6 is 11.8 Å². The van der Waals surface area contributed by atoms with Crippen LogP contribution in [0.2, 0.25) is 0 Å². The number of thioether (sulfide) groups is 1. The highest BCUT2D eigenvalue weighted by atomic mass is 32.2. The number of hydrogen-bond acceptors (Lipinski definition) is 4. The van der Waals surface area contributed by atoms with Gasteiger partial charge in [-0.25, -0.2) is 4.39 Å². The van der Waals surface area contributed by atoms with Crippen LogP contribution < -0.4 is 0 Å². The molecule has 2 rings (SSSR count). The van der Waals surface area contributed by atoms with E-state index in [0.717, 1.165) is 44.0 Å². The molecule has 1 aliphatic heterocycles. The molecule has 1 saturated heterocycles. The number of carbonyl (C=O) groups excluding carboxylic acids is 1. The predicted molar refractivity (Wildman–Crippen MR) is 91.2 cm³/mol. The highest BCUT2D eigenvalue weighted by Crippen LogP contribution is 2.21. The first kappa shape index (κ1) is 18.2. The molecule has 0 atom stereocenters. The number of ether oxygens (including phenoxy) is 1. The Labute approximate surface area is 142 Å². The minimum Gasteiger partial charge on any atom is -0.381 e. The van der Waals surface area contributed by atoms with E-state index in [4.69, 9.17) is 4.74 Å². The second-order valence-corrected chi connectivity index (χ2v) is 7.03. The van der Waals surface area contributed by atoms with Crippen LogP contribution in [0, 0.1) is 5.82 Å². The SMILES string of the molecule is CN(C)CCN(C(=O)CSc1ccc(F)cc1)C1CCOCC1. The van der Waals surface area contributed by atoms with Gasteiger partial charge in [-0.15, -0.1) is 11.8 Å². The van der Waals surface area contributed by atoms with Gasteiger partial charge in [-0.2, -0.15) is 0 Å². The average Bonchev–Trinajstić information content (AvgIpc) is 2.55. The van der Waals surface area contributed by atoms with Crippen molar-refractivity contribution in [2.45, 2.75) is 23.8 Å². The summed E-state index contributed by atoms with van der Waals surface area (Å²) >= 11 is 1.46. The first-order chi connectivity index (χ1) is 11.1. The molecule has 6 heteroatoms. The van der Waals surface area contributed by atoms with Crippen molar-refractivity contribution in [3.05, 3.63) is 30.1 Å². The van der Waals surface area contributed by atoms with Crippen LogP contribution in [0.15, 0.2) is 29.2 Å². The summed E-state index contributed by atoms with van der Waals surface area (Å²) in [5.41, 5.74) is 0. The van der Waals surface area contributed by atoms with E-state index in [2.05, 4.69) is 4.90 Å². The van der Waals surface area contributed by atoms with Gasteiger partial charge in [0.15, 0.2) is 0 Å². The van der Waals surface area contributed by atoms with E-state index in [1.165, 1.54) is 23.9 Å². The third-order valence-electron chi connectivity index (χ3n) is 3.92. The van der Waals surface area contributed by atoms with Crippen molar-refractivity contribution in [3.63, 3.8) is 0 Å². The van der Waals surface area contributed by atoms with E-state index in [1.54, 1.807) is 12.1 Å². The van der Waals surface area contributed by atoms with Gasteiger partial charge < -0.3 is 14.5 Å². The molecule has 0 saturated carbocycles. The highest BCUT2D eigenvalue weighted by Gasteiger charge is 2.25. The maximum atomic E-state index is 12.9. The minimum absolute atomic E-state index is 0.146. The van der Waals surface area contributed by atoms with Gasteiger partial charge in [-0.3, -0.25) is 4.79 Å². The zero-order valence-corrected chi connectivity index (χ0v) is 14.7. The molecular formula is C17H25FN2O2S. The van der Waals surface area contributed by atoms with Crippen LogP contribution in [0.25, 0.3) is 0 Å². The third kappa shape index (κ3) is 6.12. The van der Waals surface area contributed by atoms with Gasteiger partial charge in [0.2, 0.25) is 5.91 Å². The van der Waals surface area contributed by atoms with Crippen LogP contribution in [0.4, 0.5) is 4.39 Å². The molecular weight excluding hydrogens is 315 g/mol. The Morgan fingerprint density at radius 1 is 1.22 bits per heavy atom. The molecule has 1 fully saturated rings.